The Labute approximate surface area is 162 Å². The summed E-state index contributed by atoms with van der Waals surface area (Å²) in [6, 6.07) is 13.1. The smallest absolute Gasteiger partial charge is 0.314 e. The number of imidazole rings is 1. The highest BCUT2D eigenvalue weighted by Gasteiger charge is 2.19. The zero-order valence-electron chi connectivity index (χ0n) is 15.8. The fraction of sp³-hybridized carbons (Fsp3) is 0.238. The van der Waals surface area contributed by atoms with Crippen LogP contribution in [0, 0.1) is 6.92 Å². The molecular formula is C21H21N5O2. The van der Waals surface area contributed by atoms with Crippen LogP contribution in [0.1, 0.15) is 35.9 Å². The minimum Gasteiger partial charge on any atom is -0.493 e. The zero-order valence-corrected chi connectivity index (χ0v) is 15.8. The van der Waals surface area contributed by atoms with E-state index in [1.54, 1.807) is 17.5 Å². The standard InChI is InChI=1S/C21H21N5O2/c1-3-4-12-25-16-10-6-5-9-15(16)18(21(25)28)23-24-20(27)19-14(2)22-17-11-7-8-13-26(17)19/h5-11,13,28H,3-4,12H2,1-2H3. The number of aryl methyl sites for hydroxylation is 2. The zero-order chi connectivity index (χ0) is 19.7. The van der Waals surface area contributed by atoms with Gasteiger partial charge in [0.2, 0.25) is 5.88 Å². The Hall–Kier alpha value is -3.48. The first-order chi connectivity index (χ1) is 13.6. The Bertz CT molecular complexity index is 1200. The van der Waals surface area contributed by atoms with Crippen LogP contribution in [0.3, 0.4) is 0 Å². The SMILES string of the molecule is CCCCn1c(O)c(N=NC(=O)c2c(C)nc3ccccn23)c2ccccc21. The Morgan fingerprint density at radius 3 is 2.79 bits per heavy atom. The van der Waals surface area contributed by atoms with E-state index >= 15 is 0 Å². The Balaban J connectivity index is 1.75. The van der Waals surface area contributed by atoms with Crippen molar-refractivity contribution in [1.29, 1.82) is 0 Å². The van der Waals surface area contributed by atoms with Crippen molar-refractivity contribution in [2.24, 2.45) is 10.2 Å². The molecule has 0 unspecified atom stereocenters. The van der Waals surface area contributed by atoms with Gasteiger partial charge in [0.05, 0.1) is 11.2 Å². The quantitative estimate of drug-likeness (QED) is 0.497. The van der Waals surface area contributed by atoms with E-state index in [0.717, 1.165) is 23.7 Å². The summed E-state index contributed by atoms with van der Waals surface area (Å²) >= 11 is 0. The van der Waals surface area contributed by atoms with Crippen molar-refractivity contribution in [3.05, 3.63) is 60.0 Å². The van der Waals surface area contributed by atoms with Crippen LogP contribution < -0.4 is 0 Å². The molecule has 0 aliphatic carbocycles. The lowest BCUT2D eigenvalue weighted by molar-refractivity contribution is 0.0989. The van der Waals surface area contributed by atoms with Crippen LogP contribution in [0.25, 0.3) is 16.6 Å². The van der Waals surface area contributed by atoms with Gasteiger partial charge in [-0.1, -0.05) is 37.6 Å². The molecule has 3 heterocycles. The second-order valence-electron chi connectivity index (χ2n) is 6.67. The number of aromatic nitrogens is 3. The molecule has 0 saturated heterocycles. The van der Waals surface area contributed by atoms with Gasteiger partial charge in [0.1, 0.15) is 11.3 Å². The highest BCUT2D eigenvalue weighted by atomic mass is 16.3. The number of amides is 1. The van der Waals surface area contributed by atoms with Crippen LogP contribution in [0.15, 0.2) is 58.9 Å². The third-order valence-electron chi connectivity index (χ3n) is 4.80. The summed E-state index contributed by atoms with van der Waals surface area (Å²) < 4.78 is 3.51. The molecule has 0 saturated carbocycles. The number of unbranched alkanes of at least 4 members (excludes halogenated alkanes) is 1. The van der Waals surface area contributed by atoms with Crippen molar-refractivity contribution in [2.75, 3.05) is 0 Å². The van der Waals surface area contributed by atoms with Gasteiger partial charge in [0.25, 0.3) is 0 Å². The largest absolute Gasteiger partial charge is 0.493 e. The maximum Gasteiger partial charge on any atom is 0.314 e. The number of hydrogen-bond acceptors (Lipinski definition) is 4. The molecule has 0 radical (unpaired) electrons. The van der Waals surface area contributed by atoms with E-state index in [1.165, 1.54) is 0 Å². The maximum absolute atomic E-state index is 12.7. The van der Waals surface area contributed by atoms with Gasteiger partial charge in [0.15, 0.2) is 5.69 Å². The van der Waals surface area contributed by atoms with Gasteiger partial charge in [-0.25, -0.2) is 4.98 Å². The average Bonchev–Trinajstić information content (AvgIpc) is 3.17. The van der Waals surface area contributed by atoms with Gasteiger partial charge >= 0.3 is 5.91 Å². The molecule has 4 aromatic rings. The lowest BCUT2D eigenvalue weighted by Crippen LogP contribution is -2.01. The molecule has 4 rings (SSSR count). The maximum atomic E-state index is 12.7. The lowest BCUT2D eigenvalue weighted by atomic mass is 10.2. The van der Waals surface area contributed by atoms with Crippen molar-refractivity contribution in [3.63, 3.8) is 0 Å². The molecule has 0 atom stereocenters. The van der Waals surface area contributed by atoms with Crippen molar-refractivity contribution >= 4 is 28.1 Å². The molecule has 0 spiro atoms. The normalized spacial score (nSPS) is 11.8. The van der Waals surface area contributed by atoms with Crippen LogP contribution in [0.4, 0.5) is 5.69 Å². The van der Waals surface area contributed by atoms with Crippen molar-refractivity contribution < 1.29 is 9.90 Å². The summed E-state index contributed by atoms with van der Waals surface area (Å²) in [6.07, 6.45) is 3.71. The van der Waals surface area contributed by atoms with E-state index < -0.39 is 5.91 Å². The predicted molar refractivity (Wildman–Crippen MR) is 107 cm³/mol. The van der Waals surface area contributed by atoms with E-state index in [1.807, 2.05) is 47.0 Å². The van der Waals surface area contributed by atoms with Gasteiger partial charge in [-0.05, 0) is 31.5 Å². The number of azo groups is 1. The number of hydrogen-bond donors (Lipinski definition) is 1. The molecule has 3 aromatic heterocycles. The molecule has 1 aromatic carbocycles. The Kier molecular flexibility index (Phi) is 4.65. The molecule has 0 bridgehead atoms. The first kappa shape index (κ1) is 17.9. The number of carbonyl (C=O) groups excluding carboxylic acids is 1. The highest BCUT2D eigenvalue weighted by Crippen LogP contribution is 2.39. The molecule has 1 N–H and O–H groups in total. The summed E-state index contributed by atoms with van der Waals surface area (Å²) in [5, 5.41) is 19.5. The second kappa shape index (κ2) is 7.26. The number of benzene rings is 1. The number of fused-ring (bicyclic) bond motifs is 2. The Morgan fingerprint density at radius 2 is 1.96 bits per heavy atom. The van der Waals surface area contributed by atoms with Crippen molar-refractivity contribution in [1.82, 2.24) is 14.0 Å². The summed E-state index contributed by atoms with van der Waals surface area (Å²) in [5.74, 6) is -0.470. The van der Waals surface area contributed by atoms with Gasteiger partial charge < -0.3 is 9.67 Å². The lowest BCUT2D eigenvalue weighted by Gasteiger charge is -2.05. The third kappa shape index (κ3) is 2.94. The first-order valence-electron chi connectivity index (χ1n) is 9.31. The van der Waals surface area contributed by atoms with Gasteiger partial charge in [0, 0.05) is 18.1 Å². The summed E-state index contributed by atoms with van der Waals surface area (Å²) in [4.78, 5) is 17.1. The van der Waals surface area contributed by atoms with E-state index in [0.29, 0.717) is 29.3 Å². The van der Waals surface area contributed by atoms with Crippen molar-refractivity contribution in [2.45, 2.75) is 33.2 Å². The molecular weight excluding hydrogens is 354 g/mol. The number of pyridine rings is 1. The minimum atomic E-state index is -0.499. The summed E-state index contributed by atoms with van der Waals surface area (Å²) in [6.45, 7) is 4.54. The first-order valence-corrected chi connectivity index (χ1v) is 9.31. The summed E-state index contributed by atoms with van der Waals surface area (Å²) in [7, 11) is 0. The number of para-hydroxylation sites is 1. The van der Waals surface area contributed by atoms with Crippen molar-refractivity contribution in [3.8, 4) is 5.88 Å². The third-order valence-corrected chi connectivity index (χ3v) is 4.80. The number of rotatable bonds is 5. The number of nitrogens with zero attached hydrogens (tertiary/aromatic N) is 5. The fourth-order valence-corrected chi connectivity index (χ4v) is 3.43. The predicted octanol–water partition coefficient (Wildman–Crippen LogP) is 5.03. The van der Waals surface area contributed by atoms with E-state index in [-0.39, 0.29) is 5.88 Å². The van der Waals surface area contributed by atoms with Crippen LogP contribution in [0.5, 0.6) is 5.88 Å². The van der Waals surface area contributed by atoms with E-state index in [9.17, 15) is 9.90 Å². The minimum absolute atomic E-state index is 0.0288. The topological polar surface area (TPSA) is 84.2 Å². The molecule has 7 nitrogen and oxygen atoms in total. The molecule has 1 amide bonds. The van der Waals surface area contributed by atoms with Gasteiger partial charge in [-0.3, -0.25) is 9.20 Å². The van der Waals surface area contributed by atoms with Crippen LogP contribution in [-0.4, -0.2) is 25.0 Å². The van der Waals surface area contributed by atoms with Gasteiger partial charge in [-0.2, -0.15) is 0 Å². The monoisotopic (exact) mass is 375 g/mol. The molecule has 7 heteroatoms. The summed E-state index contributed by atoms with van der Waals surface area (Å²) in [5.41, 5.74) is 2.82. The van der Waals surface area contributed by atoms with E-state index in [4.69, 9.17) is 0 Å². The second-order valence-corrected chi connectivity index (χ2v) is 6.67. The molecule has 0 aliphatic rings. The van der Waals surface area contributed by atoms with E-state index in [2.05, 4.69) is 22.1 Å². The molecule has 28 heavy (non-hydrogen) atoms. The van der Waals surface area contributed by atoms with Crippen LogP contribution >= 0.6 is 0 Å². The number of aromatic hydroxyl groups is 1. The molecule has 142 valence electrons. The molecule has 0 aliphatic heterocycles. The highest BCUT2D eigenvalue weighted by molar-refractivity contribution is 5.97. The fourth-order valence-electron chi connectivity index (χ4n) is 3.43. The van der Waals surface area contributed by atoms with Gasteiger partial charge in [-0.15, -0.1) is 10.2 Å². The Morgan fingerprint density at radius 1 is 1.18 bits per heavy atom. The number of carbonyl (C=O) groups is 1. The average molecular weight is 375 g/mol. The van der Waals surface area contributed by atoms with Crippen LogP contribution in [-0.2, 0) is 6.54 Å². The van der Waals surface area contributed by atoms with Crippen LogP contribution in [0.2, 0.25) is 0 Å². The molecule has 0 fully saturated rings.